The quantitative estimate of drug-likeness (QED) is 0.395. The second kappa shape index (κ2) is 7.71. The van der Waals surface area contributed by atoms with Gasteiger partial charge in [0, 0.05) is 17.3 Å². The Morgan fingerprint density at radius 3 is 2.50 bits per heavy atom. The highest BCUT2D eigenvalue weighted by molar-refractivity contribution is 5.94. The highest BCUT2D eigenvalue weighted by Gasteiger charge is 2.09. The van der Waals surface area contributed by atoms with Crippen molar-refractivity contribution in [2.24, 2.45) is 5.84 Å². The number of nitrogens with two attached hydrogens (primary N) is 1. The summed E-state index contributed by atoms with van der Waals surface area (Å²) in [5.74, 6) is 5.25. The van der Waals surface area contributed by atoms with Crippen molar-refractivity contribution in [1.29, 1.82) is 0 Å². The predicted molar refractivity (Wildman–Crippen MR) is 75.3 cm³/mol. The Labute approximate surface area is 109 Å². The molecule has 1 aromatic rings. The maximum absolute atomic E-state index is 11.9. The standard InChI is InChI=1S/C14H23N3O/c1-3-4-5-6-11(2)16-14(18)12-7-9-13(17-15)10-8-12/h7-11,17H,3-6,15H2,1-2H3,(H,16,18). The summed E-state index contributed by atoms with van der Waals surface area (Å²) in [4.78, 5) is 11.9. The number of unbranched alkanes of at least 4 members (excludes halogenated alkanes) is 2. The molecule has 0 aliphatic carbocycles. The van der Waals surface area contributed by atoms with Crippen LogP contribution in [0, 0.1) is 0 Å². The number of benzene rings is 1. The van der Waals surface area contributed by atoms with Crippen LogP contribution in [0.3, 0.4) is 0 Å². The number of hydrogen-bond donors (Lipinski definition) is 3. The van der Waals surface area contributed by atoms with Gasteiger partial charge in [-0.3, -0.25) is 10.6 Å². The first-order valence-electron chi connectivity index (χ1n) is 6.55. The first-order chi connectivity index (χ1) is 8.67. The van der Waals surface area contributed by atoms with E-state index >= 15 is 0 Å². The smallest absolute Gasteiger partial charge is 0.251 e. The Balaban J connectivity index is 2.43. The second-order valence-electron chi connectivity index (χ2n) is 4.59. The zero-order valence-electron chi connectivity index (χ0n) is 11.2. The minimum atomic E-state index is -0.0254. The Bertz CT molecular complexity index is 362. The van der Waals surface area contributed by atoms with Gasteiger partial charge in [-0.1, -0.05) is 26.2 Å². The highest BCUT2D eigenvalue weighted by Crippen LogP contribution is 2.09. The molecule has 4 heteroatoms. The van der Waals surface area contributed by atoms with Crippen molar-refractivity contribution >= 4 is 11.6 Å². The van der Waals surface area contributed by atoms with Crippen LogP contribution >= 0.6 is 0 Å². The molecule has 4 nitrogen and oxygen atoms in total. The Morgan fingerprint density at radius 1 is 1.28 bits per heavy atom. The number of amides is 1. The molecule has 0 saturated heterocycles. The summed E-state index contributed by atoms with van der Waals surface area (Å²) in [5, 5.41) is 3.00. The van der Waals surface area contributed by atoms with E-state index in [1.807, 2.05) is 6.92 Å². The zero-order valence-corrected chi connectivity index (χ0v) is 11.2. The monoisotopic (exact) mass is 249 g/mol. The molecule has 1 rings (SSSR count). The van der Waals surface area contributed by atoms with Crippen molar-refractivity contribution in [3.05, 3.63) is 29.8 Å². The Morgan fingerprint density at radius 2 is 1.94 bits per heavy atom. The topological polar surface area (TPSA) is 67.2 Å². The van der Waals surface area contributed by atoms with Gasteiger partial charge >= 0.3 is 0 Å². The van der Waals surface area contributed by atoms with E-state index in [4.69, 9.17) is 5.84 Å². The fourth-order valence-corrected chi connectivity index (χ4v) is 1.80. The Kier molecular flexibility index (Phi) is 6.22. The normalized spacial score (nSPS) is 11.9. The van der Waals surface area contributed by atoms with E-state index in [2.05, 4.69) is 17.7 Å². The molecule has 0 aliphatic heterocycles. The molecule has 1 aromatic carbocycles. The molecule has 0 spiro atoms. The lowest BCUT2D eigenvalue weighted by molar-refractivity contribution is 0.0938. The van der Waals surface area contributed by atoms with Crippen molar-refractivity contribution in [3.63, 3.8) is 0 Å². The van der Waals surface area contributed by atoms with Crippen molar-refractivity contribution in [2.45, 2.75) is 45.6 Å². The number of nitrogens with one attached hydrogen (secondary N) is 2. The number of carbonyl (C=O) groups is 1. The van der Waals surface area contributed by atoms with Crippen LogP contribution in [0.5, 0.6) is 0 Å². The SMILES string of the molecule is CCCCCC(C)NC(=O)c1ccc(NN)cc1. The van der Waals surface area contributed by atoms with Crippen molar-refractivity contribution in [2.75, 3.05) is 5.43 Å². The van der Waals surface area contributed by atoms with Gasteiger partial charge in [0.1, 0.15) is 0 Å². The maximum Gasteiger partial charge on any atom is 0.251 e. The van der Waals surface area contributed by atoms with E-state index in [0.29, 0.717) is 5.56 Å². The molecule has 0 radical (unpaired) electrons. The van der Waals surface area contributed by atoms with E-state index in [1.165, 1.54) is 12.8 Å². The van der Waals surface area contributed by atoms with Gasteiger partial charge in [0.25, 0.3) is 5.91 Å². The summed E-state index contributed by atoms with van der Waals surface area (Å²) in [5.41, 5.74) is 3.99. The summed E-state index contributed by atoms with van der Waals surface area (Å²) in [6, 6.07) is 7.33. The van der Waals surface area contributed by atoms with E-state index in [1.54, 1.807) is 24.3 Å². The third kappa shape index (κ3) is 4.75. The van der Waals surface area contributed by atoms with Crippen LogP contribution < -0.4 is 16.6 Å². The number of nitrogen functional groups attached to an aromatic ring is 1. The first kappa shape index (κ1) is 14.5. The summed E-state index contributed by atoms with van der Waals surface area (Å²) in [7, 11) is 0. The van der Waals surface area contributed by atoms with Gasteiger partial charge < -0.3 is 10.7 Å². The predicted octanol–water partition coefficient (Wildman–Crippen LogP) is 2.67. The van der Waals surface area contributed by atoms with E-state index in [9.17, 15) is 4.79 Å². The molecule has 1 unspecified atom stereocenters. The first-order valence-corrected chi connectivity index (χ1v) is 6.55. The molecular weight excluding hydrogens is 226 g/mol. The molecule has 0 fully saturated rings. The summed E-state index contributed by atoms with van der Waals surface area (Å²) in [6.45, 7) is 4.22. The molecule has 1 atom stereocenters. The molecule has 0 heterocycles. The maximum atomic E-state index is 11.9. The fraction of sp³-hybridized carbons (Fsp3) is 0.500. The third-order valence-electron chi connectivity index (χ3n) is 2.93. The number of anilines is 1. The van der Waals surface area contributed by atoms with E-state index in [-0.39, 0.29) is 11.9 Å². The largest absolute Gasteiger partial charge is 0.350 e. The lowest BCUT2D eigenvalue weighted by Crippen LogP contribution is -2.32. The zero-order chi connectivity index (χ0) is 13.4. The van der Waals surface area contributed by atoms with Gasteiger partial charge in [-0.15, -0.1) is 0 Å². The lowest BCUT2D eigenvalue weighted by atomic mass is 10.1. The van der Waals surface area contributed by atoms with Gasteiger partial charge in [-0.05, 0) is 37.6 Å². The second-order valence-corrected chi connectivity index (χ2v) is 4.59. The molecule has 0 saturated carbocycles. The summed E-state index contributed by atoms with van der Waals surface area (Å²) >= 11 is 0. The van der Waals surface area contributed by atoms with Crippen LogP contribution in [-0.2, 0) is 0 Å². The van der Waals surface area contributed by atoms with Gasteiger partial charge in [0.15, 0.2) is 0 Å². The molecule has 4 N–H and O–H groups in total. The van der Waals surface area contributed by atoms with E-state index < -0.39 is 0 Å². The van der Waals surface area contributed by atoms with Gasteiger partial charge in [0.05, 0.1) is 0 Å². The molecule has 0 bridgehead atoms. The lowest BCUT2D eigenvalue weighted by Gasteiger charge is -2.13. The van der Waals surface area contributed by atoms with Crippen LogP contribution in [0.15, 0.2) is 24.3 Å². The number of rotatable bonds is 7. The third-order valence-corrected chi connectivity index (χ3v) is 2.93. The van der Waals surface area contributed by atoms with Crippen molar-refractivity contribution in [1.82, 2.24) is 5.32 Å². The van der Waals surface area contributed by atoms with Crippen LogP contribution in [-0.4, -0.2) is 11.9 Å². The van der Waals surface area contributed by atoms with Gasteiger partial charge in [0.2, 0.25) is 0 Å². The van der Waals surface area contributed by atoms with Crippen LogP contribution in [0.1, 0.15) is 49.9 Å². The van der Waals surface area contributed by atoms with Crippen LogP contribution in [0.25, 0.3) is 0 Å². The molecular formula is C14H23N3O. The average molecular weight is 249 g/mol. The van der Waals surface area contributed by atoms with Crippen LogP contribution in [0.4, 0.5) is 5.69 Å². The molecule has 100 valence electrons. The minimum absolute atomic E-state index is 0.0254. The highest BCUT2D eigenvalue weighted by atomic mass is 16.1. The van der Waals surface area contributed by atoms with E-state index in [0.717, 1.165) is 18.5 Å². The molecule has 1 amide bonds. The molecule has 0 aliphatic rings. The fourth-order valence-electron chi connectivity index (χ4n) is 1.80. The summed E-state index contributed by atoms with van der Waals surface area (Å²) < 4.78 is 0. The summed E-state index contributed by atoms with van der Waals surface area (Å²) in [6.07, 6.45) is 4.61. The van der Waals surface area contributed by atoms with Gasteiger partial charge in [-0.25, -0.2) is 0 Å². The average Bonchev–Trinajstić information content (AvgIpc) is 2.39. The van der Waals surface area contributed by atoms with Crippen molar-refractivity contribution < 1.29 is 4.79 Å². The number of carbonyl (C=O) groups excluding carboxylic acids is 1. The molecule has 0 aromatic heterocycles. The van der Waals surface area contributed by atoms with Crippen LogP contribution in [0.2, 0.25) is 0 Å². The van der Waals surface area contributed by atoms with Crippen molar-refractivity contribution in [3.8, 4) is 0 Å². The van der Waals surface area contributed by atoms with Gasteiger partial charge in [-0.2, -0.15) is 0 Å². The molecule has 18 heavy (non-hydrogen) atoms. The number of hydrazine groups is 1. The Hall–Kier alpha value is -1.55. The minimum Gasteiger partial charge on any atom is -0.350 e. The number of hydrogen-bond acceptors (Lipinski definition) is 3.